The summed E-state index contributed by atoms with van der Waals surface area (Å²) in [6, 6.07) is 17.4. The number of nitrogens with zero attached hydrogens (tertiary/aromatic N) is 1. The van der Waals surface area contributed by atoms with Gasteiger partial charge in [0.05, 0.1) is 28.8 Å². The second-order valence-electron chi connectivity index (χ2n) is 7.99. The van der Waals surface area contributed by atoms with E-state index in [2.05, 4.69) is 4.72 Å². The zero-order chi connectivity index (χ0) is 24.5. The zero-order valence-corrected chi connectivity index (χ0v) is 21.4. The van der Waals surface area contributed by atoms with Gasteiger partial charge >= 0.3 is 4.87 Å². The third kappa shape index (κ3) is 4.90. The van der Waals surface area contributed by atoms with E-state index in [9.17, 15) is 13.2 Å². The van der Waals surface area contributed by atoms with Crippen molar-refractivity contribution in [2.45, 2.75) is 37.8 Å². The summed E-state index contributed by atoms with van der Waals surface area (Å²) in [5.74, 6) is 0.753. The molecule has 0 spiro atoms. The topological polar surface area (TPSA) is 77.4 Å². The van der Waals surface area contributed by atoms with Gasteiger partial charge in [0.2, 0.25) is 10.0 Å². The van der Waals surface area contributed by atoms with Crippen LogP contribution in [0.25, 0.3) is 10.2 Å². The van der Waals surface area contributed by atoms with Crippen molar-refractivity contribution in [1.29, 1.82) is 0 Å². The average molecular weight is 517 g/mol. The molecular formula is C25H25ClN2O4S2. The standard InChI is InChI=1S/C25H25ClN2O4S2/c1-4-21(17-9-12-23(32-3)16(2)13-17)27-34(30,31)19-10-11-22-24(14-19)33-25(29)28(22)15-18-7-5-6-8-20(18)26/h5-14,21,27H,4,15H2,1-3H3/t21-/m1/s1. The van der Waals surface area contributed by atoms with Crippen LogP contribution in [0.2, 0.25) is 5.02 Å². The summed E-state index contributed by atoms with van der Waals surface area (Å²) >= 11 is 7.28. The second-order valence-corrected chi connectivity index (χ2v) is 11.1. The van der Waals surface area contributed by atoms with Gasteiger partial charge in [-0.05, 0) is 60.4 Å². The molecule has 0 aliphatic carbocycles. The molecule has 0 radical (unpaired) electrons. The summed E-state index contributed by atoms with van der Waals surface area (Å²) < 4.78 is 36.8. The van der Waals surface area contributed by atoms with E-state index in [1.165, 1.54) is 6.07 Å². The molecule has 3 aromatic carbocycles. The van der Waals surface area contributed by atoms with Crippen molar-refractivity contribution in [1.82, 2.24) is 9.29 Å². The van der Waals surface area contributed by atoms with Crippen molar-refractivity contribution in [3.8, 4) is 5.75 Å². The van der Waals surface area contributed by atoms with Gasteiger partial charge in [-0.25, -0.2) is 13.1 Å². The van der Waals surface area contributed by atoms with Crippen LogP contribution in [0.4, 0.5) is 0 Å². The first-order chi connectivity index (χ1) is 16.2. The van der Waals surface area contributed by atoms with E-state index >= 15 is 0 Å². The average Bonchev–Trinajstić information content (AvgIpc) is 3.13. The lowest BCUT2D eigenvalue weighted by Crippen LogP contribution is -2.28. The SMILES string of the molecule is CC[C@@H](NS(=O)(=O)c1ccc2c(c1)sc(=O)n2Cc1ccccc1Cl)c1ccc(OC)c(C)c1. The van der Waals surface area contributed by atoms with Crippen molar-refractivity contribution < 1.29 is 13.2 Å². The Bertz CT molecular complexity index is 1510. The number of sulfonamides is 1. The Balaban J connectivity index is 1.64. The van der Waals surface area contributed by atoms with Gasteiger partial charge in [0.1, 0.15) is 5.75 Å². The molecule has 0 saturated carbocycles. The summed E-state index contributed by atoms with van der Waals surface area (Å²) in [5.41, 5.74) is 3.29. The van der Waals surface area contributed by atoms with Gasteiger partial charge < -0.3 is 4.74 Å². The molecule has 4 rings (SSSR count). The molecule has 1 aromatic heterocycles. The fourth-order valence-corrected chi connectivity index (χ4v) is 6.45. The lowest BCUT2D eigenvalue weighted by molar-refractivity contribution is 0.411. The Morgan fingerprint density at radius 3 is 2.56 bits per heavy atom. The molecule has 0 aliphatic rings. The maximum absolute atomic E-state index is 13.2. The van der Waals surface area contributed by atoms with Crippen LogP contribution in [0, 0.1) is 6.92 Å². The first-order valence-electron chi connectivity index (χ1n) is 10.8. The number of nitrogens with one attached hydrogen (secondary N) is 1. The molecule has 0 saturated heterocycles. The van der Waals surface area contributed by atoms with Gasteiger partial charge in [-0.1, -0.05) is 60.2 Å². The van der Waals surface area contributed by atoms with Gasteiger partial charge in [0.25, 0.3) is 0 Å². The number of rotatable bonds is 8. The van der Waals surface area contributed by atoms with Crippen LogP contribution in [0.3, 0.4) is 0 Å². The highest BCUT2D eigenvalue weighted by Gasteiger charge is 2.22. The minimum Gasteiger partial charge on any atom is -0.496 e. The van der Waals surface area contributed by atoms with Crippen LogP contribution >= 0.6 is 22.9 Å². The normalized spacial score (nSPS) is 12.7. The Kier molecular flexibility index (Phi) is 7.14. The number of hydrogen-bond donors (Lipinski definition) is 1. The predicted octanol–water partition coefficient (Wildman–Crippen LogP) is 5.51. The molecule has 1 N–H and O–H groups in total. The van der Waals surface area contributed by atoms with E-state index in [1.54, 1.807) is 29.9 Å². The van der Waals surface area contributed by atoms with Crippen molar-refractivity contribution in [2.75, 3.05) is 7.11 Å². The smallest absolute Gasteiger partial charge is 0.308 e. The van der Waals surface area contributed by atoms with E-state index in [4.69, 9.17) is 16.3 Å². The van der Waals surface area contributed by atoms with Crippen LogP contribution in [-0.4, -0.2) is 20.1 Å². The first kappa shape index (κ1) is 24.5. The van der Waals surface area contributed by atoms with Gasteiger partial charge in [-0.15, -0.1) is 0 Å². The van der Waals surface area contributed by atoms with Crippen LogP contribution in [0.1, 0.15) is 36.1 Å². The van der Waals surface area contributed by atoms with Crippen molar-refractivity contribution >= 4 is 43.2 Å². The number of fused-ring (bicyclic) bond motifs is 1. The fraction of sp³-hybridized carbons (Fsp3) is 0.240. The molecule has 1 heterocycles. The minimum atomic E-state index is -3.82. The summed E-state index contributed by atoms with van der Waals surface area (Å²) in [6.45, 7) is 4.17. The van der Waals surface area contributed by atoms with E-state index in [1.807, 2.05) is 50.2 Å². The predicted molar refractivity (Wildman–Crippen MR) is 138 cm³/mol. The van der Waals surface area contributed by atoms with Gasteiger partial charge in [-0.3, -0.25) is 9.36 Å². The minimum absolute atomic E-state index is 0.120. The van der Waals surface area contributed by atoms with Crippen molar-refractivity contribution in [3.05, 3.63) is 92.0 Å². The van der Waals surface area contributed by atoms with Crippen molar-refractivity contribution in [2.24, 2.45) is 0 Å². The highest BCUT2D eigenvalue weighted by Crippen LogP contribution is 2.28. The highest BCUT2D eigenvalue weighted by molar-refractivity contribution is 7.89. The summed E-state index contributed by atoms with van der Waals surface area (Å²) in [7, 11) is -2.21. The monoisotopic (exact) mass is 516 g/mol. The molecule has 9 heteroatoms. The van der Waals surface area contributed by atoms with Crippen LogP contribution in [0.15, 0.2) is 70.4 Å². The zero-order valence-electron chi connectivity index (χ0n) is 19.0. The molecular weight excluding hydrogens is 492 g/mol. The van der Waals surface area contributed by atoms with Gasteiger partial charge in [0.15, 0.2) is 0 Å². The summed E-state index contributed by atoms with van der Waals surface area (Å²) in [6.07, 6.45) is 0.578. The first-order valence-corrected chi connectivity index (χ1v) is 13.4. The Morgan fingerprint density at radius 1 is 1.12 bits per heavy atom. The summed E-state index contributed by atoms with van der Waals surface area (Å²) in [4.78, 5) is 12.6. The molecule has 4 aromatic rings. The third-order valence-corrected chi connectivity index (χ3v) is 8.54. The van der Waals surface area contributed by atoms with Gasteiger partial charge in [-0.2, -0.15) is 0 Å². The number of aryl methyl sites for hydroxylation is 1. The fourth-order valence-electron chi connectivity index (χ4n) is 3.92. The lowest BCUT2D eigenvalue weighted by atomic mass is 10.0. The molecule has 1 atom stereocenters. The van der Waals surface area contributed by atoms with E-state index < -0.39 is 16.1 Å². The number of hydrogen-bond acceptors (Lipinski definition) is 5. The third-order valence-electron chi connectivity index (χ3n) is 5.76. The van der Waals surface area contributed by atoms with E-state index in [-0.39, 0.29) is 9.77 Å². The number of methoxy groups -OCH3 is 1. The molecule has 0 unspecified atom stereocenters. The number of aromatic nitrogens is 1. The maximum atomic E-state index is 13.2. The Hall–Kier alpha value is -2.65. The molecule has 34 heavy (non-hydrogen) atoms. The maximum Gasteiger partial charge on any atom is 0.308 e. The largest absolute Gasteiger partial charge is 0.496 e. The molecule has 0 bridgehead atoms. The molecule has 0 aliphatic heterocycles. The number of halogens is 1. The number of benzene rings is 3. The van der Waals surface area contributed by atoms with Crippen LogP contribution in [-0.2, 0) is 16.6 Å². The van der Waals surface area contributed by atoms with Crippen LogP contribution in [0.5, 0.6) is 5.75 Å². The quantitative estimate of drug-likeness (QED) is 0.335. The highest BCUT2D eigenvalue weighted by atomic mass is 35.5. The van der Waals surface area contributed by atoms with Crippen LogP contribution < -0.4 is 14.3 Å². The molecule has 0 amide bonds. The Labute approximate surface area is 207 Å². The molecule has 6 nitrogen and oxygen atoms in total. The molecule has 178 valence electrons. The number of thiazole rings is 1. The summed E-state index contributed by atoms with van der Waals surface area (Å²) in [5, 5.41) is 0.580. The molecule has 0 fully saturated rings. The van der Waals surface area contributed by atoms with Gasteiger partial charge in [0, 0.05) is 11.1 Å². The lowest BCUT2D eigenvalue weighted by Gasteiger charge is -2.19. The van der Waals surface area contributed by atoms with E-state index in [0.717, 1.165) is 33.8 Å². The van der Waals surface area contributed by atoms with Crippen molar-refractivity contribution in [3.63, 3.8) is 0 Å². The van der Waals surface area contributed by atoms with E-state index in [0.29, 0.717) is 28.2 Å². The second kappa shape index (κ2) is 9.92. The number of ether oxygens (including phenoxy) is 1. The Morgan fingerprint density at radius 2 is 1.88 bits per heavy atom.